The molecule has 2 rings (SSSR count). The quantitative estimate of drug-likeness (QED) is 0.941. The maximum absolute atomic E-state index is 14.1. The Labute approximate surface area is 122 Å². The fraction of sp³-hybridized carbons (Fsp3) is 0.429. The van der Waals surface area contributed by atoms with Gasteiger partial charge >= 0.3 is 0 Å². The van der Waals surface area contributed by atoms with E-state index < -0.39 is 0 Å². The van der Waals surface area contributed by atoms with E-state index >= 15 is 0 Å². The third-order valence-electron chi connectivity index (χ3n) is 2.72. The van der Waals surface area contributed by atoms with Crippen LogP contribution in [0.25, 0.3) is 0 Å². The first-order valence-corrected chi connectivity index (χ1v) is 7.23. The second kappa shape index (κ2) is 5.93. The van der Waals surface area contributed by atoms with E-state index in [9.17, 15) is 4.39 Å². The van der Waals surface area contributed by atoms with Crippen LogP contribution in [-0.2, 0) is 13.6 Å². The summed E-state index contributed by atoms with van der Waals surface area (Å²) >= 11 is 1.30. The van der Waals surface area contributed by atoms with Crippen LogP contribution in [0.4, 0.5) is 4.39 Å². The van der Waals surface area contributed by atoms with Crippen molar-refractivity contribution in [3.63, 3.8) is 0 Å². The van der Waals surface area contributed by atoms with Gasteiger partial charge in [-0.25, -0.2) is 14.1 Å². The van der Waals surface area contributed by atoms with Crippen molar-refractivity contribution in [1.29, 1.82) is 0 Å². The summed E-state index contributed by atoms with van der Waals surface area (Å²) in [6, 6.07) is 5.13. The normalized spacial score (nSPS) is 11.8. The molecule has 0 radical (unpaired) electrons. The van der Waals surface area contributed by atoms with Gasteiger partial charge in [0.25, 0.3) is 0 Å². The molecule has 2 aromatic rings. The molecule has 20 heavy (non-hydrogen) atoms. The lowest BCUT2D eigenvalue weighted by Crippen LogP contribution is -2.35. The number of nitrogens with one attached hydrogen (secondary N) is 1. The largest absolute Gasteiger partial charge is 0.308 e. The molecule has 0 aliphatic carbocycles. The highest BCUT2D eigenvalue weighted by molar-refractivity contribution is 7.99. The maximum atomic E-state index is 14.1. The van der Waals surface area contributed by atoms with Crippen LogP contribution in [0.15, 0.2) is 34.6 Å². The number of aryl methyl sites for hydroxylation is 1. The van der Waals surface area contributed by atoms with Crippen LogP contribution in [0.1, 0.15) is 26.3 Å². The van der Waals surface area contributed by atoms with Gasteiger partial charge in [-0.2, -0.15) is 5.10 Å². The van der Waals surface area contributed by atoms with Crippen LogP contribution >= 0.6 is 11.8 Å². The lowest BCUT2D eigenvalue weighted by Gasteiger charge is -2.21. The molecule has 0 spiro atoms. The number of nitrogens with zero attached hydrogens (tertiary/aromatic N) is 3. The summed E-state index contributed by atoms with van der Waals surface area (Å²) in [5, 5.41) is 8.05. The van der Waals surface area contributed by atoms with Crippen LogP contribution in [0, 0.1) is 5.82 Å². The van der Waals surface area contributed by atoms with Crippen molar-refractivity contribution in [3.8, 4) is 0 Å². The second-order valence-electron chi connectivity index (χ2n) is 5.60. The smallest absolute Gasteiger partial charge is 0.190 e. The fourth-order valence-corrected chi connectivity index (χ4v) is 2.54. The molecule has 0 aliphatic heterocycles. The fourth-order valence-electron chi connectivity index (χ4n) is 1.64. The van der Waals surface area contributed by atoms with Gasteiger partial charge in [-0.3, -0.25) is 0 Å². The van der Waals surface area contributed by atoms with Crippen LogP contribution < -0.4 is 5.32 Å². The van der Waals surface area contributed by atoms with E-state index in [4.69, 9.17) is 0 Å². The highest BCUT2D eigenvalue weighted by Gasteiger charge is 2.15. The Hall–Kier alpha value is -1.40. The summed E-state index contributed by atoms with van der Waals surface area (Å²) in [7, 11) is 1.79. The highest BCUT2D eigenvalue weighted by atomic mass is 32.2. The SMILES string of the molecule is Cn1ncnc1Sc1c(F)cccc1CNC(C)(C)C. The van der Waals surface area contributed by atoms with Gasteiger partial charge in [0, 0.05) is 19.1 Å². The minimum absolute atomic E-state index is 0.0148. The number of aromatic nitrogens is 3. The molecule has 1 aromatic carbocycles. The molecular weight excluding hydrogens is 275 g/mol. The van der Waals surface area contributed by atoms with Crippen molar-refractivity contribution < 1.29 is 4.39 Å². The molecule has 108 valence electrons. The van der Waals surface area contributed by atoms with Crippen LogP contribution in [-0.4, -0.2) is 20.3 Å². The Balaban J connectivity index is 2.25. The van der Waals surface area contributed by atoms with Crippen molar-refractivity contribution in [2.75, 3.05) is 0 Å². The van der Waals surface area contributed by atoms with Gasteiger partial charge in [0.15, 0.2) is 5.16 Å². The number of hydrogen-bond donors (Lipinski definition) is 1. The predicted octanol–water partition coefficient (Wildman–Crippen LogP) is 2.99. The molecule has 0 aliphatic rings. The van der Waals surface area contributed by atoms with Gasteiger partial charge in [-0.15, -0.1) is 0 Å². The topological polar surface area (TPSA) is 42.7 Å². The Bertz CT molecular complexity index is 589. The molecule has 1 aromatic heterocycles. The maximum Gasteiger partial charge on any atom is 0.190 e. The van der Waals surface area contributed by atoms with E-state index in [0.29, 0.717) is 16.6 Å². The number of benzene rings is 1. The van der Waals surface area contributed by atoms with Crippen molar-refractivity contribution in [2.24, 2.45) is 7.05 Å². The predicted molar refractivity (Wildman–Crippen MR) is 78.1 cm³/mol. The molecule has 0 saturated carbocycles. The van der Waals surface area contributed by atoms with Crippen molar-refractivity contribution in [3.05, 3.63) is 35.9 Å². The van der Waals surface area contributed by atoms with E-state index in [1.54, 1.807) is 17.8 Å². The minimum Gasteiger partial charge on any atom is -0.308 e. The average molecular weight is 294 g/mol. The lowest BCUT2D eigenvalue weighted by atomic mass is 10.1. The summed E-state index contributed by atoms with van der Waals surface area (Å²) < 4.78 is 15.7. The van der Waals surface area contributed by atoms with E-state index in [2.05, 4.69) is 36.2 Å². The van der Waals surface area contributed by atoms with Gasteiger partial charge in [-0.1, -0.05) is 12.1 Å². The molecule has 0 saturated heterocycles. The molecule has 0 unspecified atom stereocenters. The summed E-state index contributed by atoms with van der Waals surface area (Å²) in [6.07, 6.45) is 1.47. The molecule has 6 heteroatoms. The van der Waals surface area contributed by atoms with Gasteiger partial charge in [0.05, 0.1) is 4.90 Å². The van der Waals surface area contributed by atoms with E-state index in [0.717, 1.165) is 5.56 Å². The Morgan fingerprint density at radius 2 is 2.10 bits per heavy atom. The average Bonchev–Trinajstić information content (AvgIpc) is 2.75. The van der Waals surface area contributed by atoms with Gasteiger partial charge in [0.2, 0.25) is 0 Å². The number of halogens is 1. The van der Waals surface area contributed by atoms with Crippen LogP contribution in [0.2, 0.25) is 0 Å². The first-order chi connectivity index (χ1) is 9.37. The Kier molecular flexibility index (Phi) is 4.45. The number of rotatable bonds is 4. The third kappa shape index (κ3) is 3.80. The summed E-state index contributed by atoms with van der Waals surface area (Å²) in [4.78, 5) is 4.73. The number of hydrogen-bond acceptors (Lipinski definition) is 4. The molecule has 0 atom stereocenters. The first kappa shape index (κ1) is 15.0. The van der Waals surface area contributed by atoms with Gasteiger partial charge < -0.3 is 5.32 Å². The van der Waals surface area contributed by atoms with E-state index in [1.165, 1.54) is 24.2 Å². The molecule has 0 amide bonds. The zero-order valence-corrected chi connectivity index (χ0v) is 13.0. The van der Waals surface area contributed by atoms with Gasteiger partial charge in [0.1, 0.15) is 12.1 Å². The summed E-state index contributed by atoms with van der Waals surface area (Å²) in [6.45, 7) is 6.87. The van der Waals surface area contributed by atoms with Crippen molar-refractivity contribution in [1.82, 2.24) is 20.1 Å². The van der Waals surface area contributed by atoms with Crippen LogP contribution in [0.5, 0.6) is 0 Å². The minimum atomic E-state index is -0.230. The lowest BCUT2D eigenvalue weighted by molar-refractivity contribution is 0.421. The summed E-state index contributed by atoms with van der Waals surface area (Å²) in [5.74, 6) is -0.230. The molecule has 1 heterocycles. The molecule has 4 nitrogen and oxygen atoms in total. The zero-order chi connectivity index (χ0) is 14.8. The monoisotopic (exact) mass is 294 g/mol. The second-order valence-corrected chi connectivity index (χ2v) is 6.58. The third-order valence-corrected chi connectivity index (χ3v) is 3.93. The standard InChI is InChI=1S/C14H19FN4S/c1-14(2,3)17-8-10-6-5-7-11(15)12(10)20-13-16-9-18-19(13)4/h5-7,9,17H,8H2,1-4H3. The first-order valence-electron chi connectivity index (χ1n) is 6.41. The van der Waals surface area contributed by atoms with E-state index in [1.807, 2.05) is 6.07 Å². The van der Waals surface area contributed by atoms with Crippen LogP contribution in [0.3, 0.4) is 0 Å². The molecular formula is C14H19FN4S. The Morgan fingerprint density at radius 1 is 1.35 bits per heavy atom. The highest BCUT2D eigenvalue weighted by Crippen LogP contribution is 2.31. The van der Waals surface area contributed by atoms with Crippen molar-refractivity contribution in [2.45, 2.75) is 42.9 Å². The van der Waals surface area contributed by atoms with E-state index in [-0.39, 0.29) is 11.4 Å². The Morgan fingerprint density at radius 3 is 2.70 bits per heavy atom. The molecule has 0 fully saturated rings. The van der Waals surface area contributed by atoms with Gasteiger partial charge in [-0.05, 0) is 44.2 Å². The summed E-state index contributed by atoms with van der Waals surface area (Å²) in [5.41, 5.74) is 0.909. The molecule has 0 bridgehead atoms. The molecule has 1 N–H and O–H groups in total. The zero-order valence-electron chi connectivity index (χ0n) is 12.1. The van der Waals surface area contributed by atoms with Crippen molar-refractivity contribution >= 4 is 11.8 Å².